The van der Waals surface area contributed by atoms with Gasteiger partial charge < -0.3 is 0 Å². The predicted molar refractivity (Wildman–Crippen MR) is 36.5 cm³/mol. The third kappa shape index (κ3) is 4.70. The van der Waals surface area contributed by atoms with Gasteiger partial charge >= 0.3 is 0 Å². The standard InChI is InChI=1S/C4H6Br2/c1-3-4(2,5)6/h3H,1H2,2H3. The van der Waals surface area contributed by atoms with E-state index in [1.165, 1.54) is 0 Å². The highest BCUT2D eigenvalue weighted by atomic mass is 79.9. The van der Waals surface area contributed by atoms with Crippen molar-refractivity contribution >= 4 is 31.9 Å². The van der Waals surface area contributed by atoms with Crippen molar-refractivity contribution in [2.24, 2.45) is 0 Å². The van der Waals surface area contributed by atoms with E-state index in [0.717, 1.165) is 0 Å². The predicted octanol–water partition coefficient (Wildman–Crippen LogP) is 2.68. The summed E-state index contributed by atoms with van der Waals surface area (Å²) in [5.41, 5.74) is 0. The molecular weight excluding hydrogens is 208 g/mol. The summed E-state index contributed by atoms with van der Waals surface area (Å²) >= 11 is 6.55. The molecule has 0 atom stereocenters. The molecule has 0 heterocycles. The Hall–Kier alpha value is 0.700. The molecule has 2 heteroatoms. The summed E-state index contributed by atoms with van der Waals surface area (Å²) in [5, 5.41) is 0. The van der Waals surface area contributed by atoms with Crippen molar-refractivity contribution in [1.82, 2.24) is 0 Å². The zero-order chi connectivity index (χ0) is 5.21. The molecule has 0 radical (unpaired) electrons. The van der Waals surface area contributed by atoms with E-state index < -0.39 is 0 Å². The highest BCUT2D eigenvalue weighted by Crippen LogP contribution is 2.25. The number of allylic oxidation sites excluding steroid dienone is 1. The van der Waals surface area contributed by atoms with E-state index in [0.29, 0.717) is 0 Å². The lowest BCUT2D eigenvalue weighted by Crippen LogP contribution is -1.94. The molecule has 0 N–H and O–H groups in total. The molecule has 0 aliphatic rings. The topological polar surface area (TPSA) is 0 Å². The van der Waals surface area contributed by atoms with Crippen molar-refractivity contribution in [3.63, 3.8) is 0 Å². The summed E-state index contributed by atoms with van der Waals surface area (Å²) in [5.74, 6) is 0. The Kier molecular flexibility index (Phi) is 2.37. The zero-order valence-corrected chi connectivity index (χ0v) is 6.71. The molecule has 0 unspecified atom stereocenters. The van der Waals surface area contributed by atoms with Crippen molar-refractivity contribution in [2.45, 2.75) is 10.2 Å². The van der Waals surface area contributed by atoms with Crippen LogP contribution < -0.4 is 0 Å². The van der Waals surface area contributed by atoms with Crippen LogP contribution in [0.3, 0.4) is 0 Å². The van der Waals surface area contributed by atoms with Gasteiger partial charge in [0.15, 0.2) is 0 Å². The van der Waals surface area contributed by atoms with Crippen molar-refractivity contribution in [2.75, 3.05) is 0 Å². The first-order chi connectivity index (χ1) is 2.56. The van der Waals surface area contributed by atoms with Crippen LogP contribution in [0.5, 0.6) is 0 Å². The molecule has 0 saturated carbocycles. The maximum absolute atomic E-state index is 3.54. The molecule has 0 aromatic heterocycles. The van der Waals surface area contributed by atoms with Gasteiger partial charge in [0.1, 0.15) is 0 Å². The van der Waals surface area contributed by atoms with Crippen LogP contribution >= 0.6 is 31.9 Å². The third-order valence-electron chi connectivity index (χ3n) is 0.358. The van der Waals surface area contributed by atoms with Crippen molar-refractivity contribution < 1.29 is 0 Å². The molecule has 0 nitrogen and oxygen atoms in total. The quantitative estimate of drug-likeness (QED) is 0.464. The highest BCUT2D eigenvalue weighted by Gasteiger charge is 2.05. The smallest absolute Gasteiger partial charge is 0.0953 e. The van der Waals surface area contributed by atoms with E-state index >= 15 is 0 Å². The molecule has 0 saturated heterocycles. The van der Waals surface area contributed by atoms with E-state index in [-0.39, 0.29) is 3.23 Å². The Morgan fingerprint density at radius 1 is 1.67 bits per heavy atom. The van der Waals surface area contributed by atoms with Crippen molar-refractivity contribution in [3.8, 4) is 0 Å². The van der Waals surface area contributed by atoms with E-state index in [9.17, 15) is 0 Å². The maximum atomic E-state index is 3.54. The first-order valence-electron chi connectivity index (χ1n) is 1.57. The first-order valence-corrected chi connectivity index (χ1v) is 3.16. The molecular formula is C4H6Br2. The van der Waals surface area contributed by atoms with Gasteiger partial charge in [-0.15, -0.1) is 6.58 Å². The first kappa shape index (κ1) is 6.70. The average molecular weight is 214 g/mol. The zero-order valence-electron chi connectivity index (χ0n) is 3.54. The number of hydrogen-bond donors (Lipinski definition) is 0. The Labute approximate surface area is 54.9 Å². The third-order valence-corrected chi connectivity index (χ3v) is 1.01. The van der Waals surface area contributed by atoms with Crippen LogP contribution in [0.25, 0.3) is 0 Å². The second-order valence-corrected chi connectivity index (χ2v) is 5.52. The number of halogens is 2. The molecule has 0 aromatic rings. The average Bonchev–Trinajstić information content (AvgIpc) is 1.35. The normalized spacial score (nSPS) is 11.2. The summed E-state index contributed by atoms with van der Waals surface area (Å²) in [7, 11) is 0. The lowest BCUT2D eigenvalue weighted by atomic mass is 10.5. The van der Waals surface area contributed by atoms with Gasteiger partial charge in [0.2, 0.25) is 0 Å². The molecule has 36 valence electrons. The van der Waals surface area contributed by atoms with Crippen LogP contribution in [0.2, 0.25) is 0 Å². The Morgan fingerprint density at radius 2 is 1.83 bits per heavy atom. The fourth-order valence-electron chi connectivity index (χ4n) is 0. The van der Waals surface area contributed by atoms with E-state index in [1.54, 1.807) is 6.08 Å². The van der Waals surface area contributed by atoms with Gasteiger partial charge in [0.25, 0.3) is 0 Å². The molecule has 6 heavy (non-hydrogen) atoms. The molecule has 0 amide bonds. The van der Waals surface area contributed by atoms with Crippen LogP contribution in [0, 0.1) is 0 Å². The minimum absolute atomic E-state index is 0.0694. The van der Waals surface area contributed by atoms with Gasteiger partial charge in [0, 0.05) is 0 Å². The minimum atomic E-state index is -0.0694. The van der Waals surface area contributed by atoms with Gasteiger partial charge in [-0.05, 0) is 6.92 Å². The van der Waals surface area contributed by atoms with Crippen LogP contribution in [-0.2, 0) is 0 Å². The molecule has 0 aliphatic heterocycles. The van der Waals surface area contributed by atoms with Crippen LogP contribution in [0.15, 0.2) is 12.7 Å². The van der Waals surface area contributed by atoms with Gasteiger partial charge in [-0.2, -0.15) is 0 Å². The summed E-state index contributed by atoms with van der Waals surface area (Å²) in [4.78, 5) is 0. The van der Waals surface area contributed by atoms with Crippen LogP contribution in [0.4, 0.5) is 0 Å². The fraction of sp³-hybridized carbons (Fsp3) is 0.500. The van der Waals surface area contributed by atoms with Crippen molar-refractivity contribution in [3.05, 3.63) is 12.7 Å². The highest BCUT2D eigenvalue weighted by molar-refractivity contribution is 9.25. The van der Waals surface area contributed by atoms with Gasteiger partial charge in [0.05, 0.1) is 3.23 Å². The SMILES string of the molecule is C=CC(C)(Br)Br. The number of rotatable bonds is 1. The maximum Gasteiger partial charge on any atom is 0.0953 e. The summed E-state index contributed by atoms with van der Waals surface area (Å²) in [6.07, 6.45) is 1.77. The summed E-state index contributed by atoms with van der Waals surface area (Å²) < 4.78 is -0.0694. The summed E-state index contributed by atoms with van der Waals surface area (Å²) in [6.45, 7) is 5.50. The van der Waals surface area contributed by atoms with Crippen molar-refractivity contribution in [1.29, 1.82) is 0 Å². The number of alkyl halides is 2. The minimum Gasteiger partial charge on any atom is -0.101 e. The van der Waals surface area contributed by atoms with Gasteiger partial charge in [-0.25, -0.2) is 0 Å². The van der Waals surface area contributed by atoms with Crippen LogP contribution in [-0.4, -0.2) is 3.23 Å². The number of hydrogen-bond acceptors (Lipinski definition) is 0. The second kappa shape index (κ2) is 2.12. The Bertz CT molecular complexity index is 51.1. The fourth-order valence-corrected chi connectivity index (χ4v) is 0. The molecule has 0 aromatic carbocycles. The Balaban J connectivity index is 3.45. The van der Waals surface area contributed by atoms with Gasteiger partial charge in [-0.3, -0.25) is 0 Å². The molecule has 0 rings (SSSR count). The second-order valence-electron chi connectivity index (χ2n) is 1.16. The van der Waals surface area contributed by atoms with Crippen LogP contribution in [0.1, 0.15) is 6.92 Å². The van der Waals surface area contributed by atoms with E-state index in [2.05, 4.69) is 38.4 Å². The van der Waals surface area contributed by atoms with Gasteiger partial charge in [-0.1, -0.05) is 37.9 Å². The monoisotopic (exact) mass is 212 g/mol. The largest absolute Gasteiger partial charge is 0.101 e. The lowest BCUT2D eigenvalue weighted by molar-refractivity contribution is 1.22. The lowest BCUT2D eigenvalue weighted by Gasteiger charge is -2.02. The molecule has 0 fully saturated rings. The summed E-state index contributed by atoms with van der Waals surface area (Å²) in [6, 6.07) is 0. The van der Waals surface area contributed by atoms with E-state index in [4.69, 9.17) is 0 Å². The Morgan fingerprint density at radius 3 is 1.83 bits per heavy atom. The molecule has 0 spiro atoms. The van der Waals surface area contributed by atoms with E-state index in [1.807, 2.05) is 6.92 Å². The molecule has 0 aliphatic carbocycles. The molecule has 0 bridgehead atoms.